The van der Waals surface area contributed by atoms with Crippen LogP contribution in [0.2, 0.25) is 0 Å². The van der Waals surface area contributed by atoms with Crippen LogP contribution in [0.4, 0.5) is 5.82 Å². The number of pyridine rings is 1. The van der Waals surface area contributed by atoms with Crippen molar-refractivity contribution in [3.05, 3.63) is 23.9 Å². The monoisotopic (exact) mass is 346 g/mol. The SMILES string of the molecule is Cc1ccc(NC(=O)C2CCCN(C(=O)CC3COCCN3)C2)nc1. The highest BCUT2D eigenvalue weighted by molar-refractivity contribution is 5.92. The number of carbonyl (C=O) groups excluding carboxylic acids is 2. The van der Waals surface area contributed by atoms with Crippen LogP contribution in [-0.4, -0.2) is 60.6 Å². The lowest BCUT2D eigenvalue weighted by molar-refractivity contribution is -0.135. The van der Waals surface area contributed by atoms with Crippen LogP contribution in [0.25, 0.3) is 0 Å². The molecule has 0 radical (unpaired) electrons. The number of aryl methyl sites for hydroxylation is 1. The molecule has 1 aromatic rings. The highest BCUT2D eigenvalue weighted by Crippen LogP contribution is 2.19. The molecule has 7 nitrogen and oxygen atoms in total. The van der Waals surface area contributed by atoms with Crippen LogP contribution in [0.1, 0.15) is 24.8 Å². The van der Waals surface area contributed by atoms with E-state index in [0.29, 0.717) is 32.0 Å². The van der Waals surface area contributed by atoms with Gasteiger partial charge in [0, 0.05) is 38.3 Å². The molecular weight excluding hydrogens is 320 g/mol. The van der Waals surface area contributed by atoms with E-state index in [1.807, 2.05) is 17.9 Å². The van der Waals surface area contributed by atoms with Gasteiger partial charge < -0.3 is 20.3 Å². The number of piperidine rings is 1. The van der Waals surface area contributed by atoms with Crippen molar-refractivity contribution < 1.29 is 14.3 Å². The van der Waals surface area contributed by atoms with Crippen molar-refractivity contribution >= 4 is 17.6 Å². The molecule has 2 aliphatic heterocycles. The van der Waals surface area contributed by atoms with Crippen LogP contribution >= 0.6 is 0 Å². The van der Waals surface area contributed by atoms with E-state index in [2.05, 4.69) is 15.6 Å². The average Bonchev–Trinajstić information content (AvgIpc) is 2.64. The van der Waals surface area contributed by atoms with Gasteiger partial charge in [-0.3, -0.25) is 9.59 Å². The zero-order chi connectivity index (χ0) is 17.6. The lowest BCUT2D eigenvalue weighted by atomic mass is 9.96. The maximum atomic E-state index is 12.5. The fraction of sp³-hybridized carbons (Fsp3) is 0.611. The second kappa shape index (κ2) is 8.40. The summed E-state index contributed by atoms with van der Waals surface area (Å²) in [6, 6.07) is 3.79. The quantitative estimate of drug-likeness (QED) is 0.848. The molecule has 2 unspecified atom stereocenters. The molecule has 2 saturated heterocycles. The summed E-state index contributed by atoms with van der Waals surface area (Å²) in [6.07, 6.45) is 3.80. The number of hydrogen-bond donors (Lipinski definition) is 2. The Balaban J connectivity index is 1.52. The Morgan fingerprint density at radius 3 is 3.04 bits per heavy atom. The summed E-state index contributed by atoms with van der Waals surface area (Å²) < 4.78 is 5.40. The standard InChI is InChI=1S/C18H26N4O3/c1-13-4-5-16(20-10-13)21-18(24)14-3-2-7-22(11-14)17(23)9-15-12-25-8-6-19-15/h4-5,10,14-15,19H,2-3,6-9,11-12H2,1H3,(H,20,21,24). The van der Waals surface area contributed by atoms with E-state index < -0.39 is 0 Å². The number of ether oxygens (including phenoxy) is 1. The summed E-state index contributed by atoms with van der Waals surface area (Å²) in [5.74, 6) is 0.404. The highest BCUT2D eigenvalue weighted by Gasteiger charge is 2.30. The summed E-state index contributed by atoms with van der Waals surface area (Å²) >= 11 is 0. The Morgan fingerprint density at radius 1 is 1.44 bits per heavy atom. The maximum Gasteiger partial charge on any atom is 0.230 e. The predicted octanol–water partition coefficient (Wildman–Crippen LogP) is 0.946. The van der Waals surface area contributed by atoms with E-state index >= 15 is 0 Å². The van der Waals surface area contributed by atoms with Crippen LogP contribution in [-0.2, 0) is 14.3 Å². The zero-order valence-electron chi connectivity index (χ0n) is 14.7. The van der Waals surface area contributed by atoms with E-state index in [4.69, 9.17) is 4.74 Å². The van der Waals surface area contributed by atoms with E-state index in [1.165, 1.54) is 0 Å². The molecule has 0 saturated carbocycles. The number of anilines is 1. The van der Waals surface area contributed by atoms with Gasteiger partial charge in [-0.2, -0.15) is 0 Å². The van der Waals surface area contributed by atoms with Crippen LogP contribution in [0, 0.1) is 12.8 Å². The van der Waals surface area contributed by atoms with Gasteiger partial charge in [-0.05, 0) is 31.4 Å². The fourth-order valence-corrected chi connectivity index (χ4v) is 3.28. The summed E-state index contributed by atoms with van der Waals surface area (Å²) in [6.45, 7) is 5.21. The minimum absolute atomic E-state index is 0.0621. The molecule has 136 valence electrons. The van der Waals surface area contributed by atoms with E-state index in [9.17, 15) is 9.59 Å². The Bertz CT molecular complexity index is 599. The van der Waals surface area contributed by atoms with E-state index in [1.54, 1.807) is 12.3 Å². The molecule has 0 bridgehead atoms. The molecule has 0 spiro atoms. The highest BCUT2D eigenvalue weighted by atomic mass is 16.5. The van der Waals surface area contributed by atoms with Crippen molar-refractivity contribution in [1.82, 2.24) is 15.2 Å². The third-order valence-electron chi connectivity index (χ3n) is 4.73. The van der Waals surface area contributed by atoms with Gasteiger partial charge in [-0.1, -0.05) is 6.07 Å². The summed E-state index contributed by atoms with van der Waals surface area (Å²) in [7, 11) is 0. The number of rotatable bonds is 4. The number of amides is 2. The Kier molecular flexibility index (Phi) is 5.99. The number of nitrogens with zero attached hydrogens (tertiary/aromatic N) is 2. The molecule has 0 aliphatic carbocycles. The largest absolute Gasteiger partial charge is 0.378 e. The molecule has 3 rings (SSSR count). The summed E-state index contributed by atoms with van der Waals surface area (Å²) in [4.78, 5) is 31.0. The Morgan fingerprint density at radius 2 is 2.32 bits per heavy atom. The second-order valence-electron chi connectivity index (χ2n) is 6.82. The molecule has 7 heteroatoms. The number of aromatic nitrogens is 1. The van der Waals surface area contributed by atoms with Crippen molar-refractivity contribution in [1.29, 1.82) is 0 Å². The van der Waals surface area contributed by atoms with Gasteiger partial charge in [0.15, 0.2) is 0 Å². The summed E-state index contributed by atoms with van der Waals surface area (Å²) in [5.41, 5.74) is 1.05. The predicted molar refractivity (Wildman–Crippen MR) is 94.1 cm³/mol. The zero-order valence-corrected chi connectivity index (χ0v) is 14.7. The van der Waals surface area contributed by atoms with Gasteiger partial charge in [0.05, 0.1) is 19.1 Å². The smallest absolute Gasteiger partial charge is 0.230 e. The average molecular weight is 346 g/mol. The fourth-order valence-electron chi connectivity index (χ4n) is 3.28. The molecule has 2 aliphatic rings. The number of carbonyl (C=O) groups is 2. The number of likely N-dealkylation sites (tertiary alicyclic amines) is 1. The Labute approximate surface area is 148 Å². The van der Waals surface area contributed by atoms with Gasteiger partial charge in [-0.25, -0.2) is 4.98 Å². The van der Waals surface area contributed by atoms with E-state index in [-0.39, 0.29) is 23.8 Å². The van der Waals surface area contributed by atoms with Crippen LogP contribution < -0.4 is 10.6 Å². The lowest BCUT2D eigenvalue weighted by Gasteiger charge is -2.33. The lowest BCUT2D eigenvalue weighted by Crippen LogP contribution is -2.48. The van der Waals surface area contributed by atoms with E-state index in [0.717, 1.165) is 31.5 Å². The molecule has 2 fully saturated rings. The molecule has 2 N–H and O–H groups in total. The van der Waals surface area contributed by atoms with Gasteiger partial charge >= 0.3 is 0 Å². The van der Waals surface area contributed by atoms with Crippen LogP contribution in [0.5, 0.6) is 0 Å². The molecular formula is C18H26N4O3. The first-order chi connectivity index (χ1) is 12.1. The molecule has 25 heavy (non-hydrogen) atoms. The third kappa shape index (κ3) is 4.99. The number of morpholine rings is 1. The first-order valence-electron chi connectivity index (χ1n) is 8.94. The molecule has 0 aromatic carbocycles. The van der Waals surface area contributed by atoms with Gasteiger partial charge in [-0.15, -0.1) is 0 Å². The van der Waals surface area contributed by atoms with Crippen molar-refractivity contribution in [2.24, 2.45) is 5.92 Å². The normalized spacial score (nSPS) is 24.0. The van der Waals surface area contributed by atoms with Crippen LogP contribution in [0.15, 0.2) is 18.3 Å². The summed E-state index contributed by atoms with van der Waals surface area (Å²) in [5, 5.41) is 6.16. The van der Waals surface area contributed by atoms with Crippen molar-refractivity contribution in [2.75, 3.05) is 38.2 Å². The Hall–Kier alpha value is -1.99. The minimum atomic E-state index is -0.184. The molecule has 3 heterocycles. The maximum absolute atomic E-state index is 12.5. The van der Waals surface area contributed by atoms with Gasteiger partial charge in [0.2, 0.25) is 11.8 Å². The first kappa shape index (κ1) is 17.8. The van der Waals surface area contributed by atoms with Crippen molar-refractivity contribution in [3.8, 4) is 0 Å². The van der Waals surface area contributed by atoms with Gasteiger partial charge in [0.1, 0.15) is 5.82 Å². The van der Waals surface area contributed by atoms with Crippen molar-refractivity contribution in [2.45, 2.75) is 32.2 Å². The molecule has 2 amide bonds. The number of nitrogens with one attached hydrogen (secondary N) is 2. The topological polar surface area (TPSA) is 83.6 Å². The molecule has 1 aromatic heterocycles. The third-order valence-corrected chi connectivity index (χ3v) is 4.73. The van der Waals surface area contributed by atoms with Crippen LogP contribution in [0.3, 0.4) is 0 Å². The van der Waals surface area contributed by atoms with Gasteiger partial charge in [0.25, 0.3) is 0 Å². The second-order valence-corrected chi connectivity index (χ2v) is 6.82. The number of hydrogen-bond acceptors (Lipinski definition) is 5. The minimum Gasteiger partial charge on any atom is -0.378 e. The molecule has 2 atom stereocenters. The first-order valence-corrected chi connectivity index (χ1v) is 8.94. The van der Waals surface area contributed by atoms with Crippen molar-refractivity contribution in [3.63, 3.8) is 0 Å².